The Kier molecular flexibility index (Phi) is 5.73. The molecular formula is C23H29N3O. The largest absolute Gasteiger partial charge is 0.370 e. The van der Waals surface area contributed by atoms with E-state index in [0.717, 1.165) is 36.6 Å². The topological polar surface area (TPSA) is 35.6 Å². The third-order valence-corrected chi connectivity index (χ3v) is 5.64. The Hall–Kier alpha value is -2.33. The van der Waals surface area contributed by atoms with Crippen molar-refractivity contribution in [3.63, 3.8) is 0 Å². The van der Waals surface area contributed by atoms with E-state index in [4.69, 9.17) is 0 Å². The molecule has 2 heterocycles. The van der Waals surface area contributed by atoms with Crippen LogP contribution in [0.1, 0.15) is 48.0 Å². The van der Waals surface area contributed by atoms with Crippen LogP contribution in [0, 0.1) is 0 Å². The summed E-state index contributed by atoms with van der Waals surface area (Å²) in [6.45, 7) is 5.40. The fourth-order valence-electron chi connectivity index (χ4n) is 4.19. The average Bonchev–Trinajstić information content (AvgIpc) is 3.22. The molecule has 27 heavy (non-hydrogen) atoms. The minimum Gasteiger partial charge on any atom is -0.370 e. The number of anilines is 2. The molecule has 2 fully saturated rings. The van der Waals surface area contributed by atoms with E-state index in [2.05, 4.69) is 33.3 Å². The first kappa shape index (κ1) is 18.1. The Bertz CT molecular complexity index is 777. The molecule has 4 nitrogen and oxygen atoms in total. The van der Waals surface area contributed by atoms with Gasteiger partial charge in [-0.3, -0.25) is 9.69 Å². The number of para-hydroxylation sites is 2. The number of nitrogens with zero attached hydrogens (tertiary/aromatic N) is 2. The van der Waals surface area contributed by atoms with Gasteiger partial charge in [0.25, 0.3) is 5.91 Å². The number of hydrogen-bond donors (Lipinski definition) is 1. The lowest BCUT2D eigenvalue weighted by atomic mass is 10.1. The van der Waals surface area contributed by atoms with Gasteiger partial charge in [-0.25, -0.2) is 0 Å². The molecule has 0 atom stereocenters. The Labute approximate surface area is 162 Å². The van der Waals surface area contributed by atoms with Crippen molar-refractivity contribution in [3.05, 3.63) is 59.7 Å². The predicted octanol–water partition coefficient (Wildman–Crippen LogP) is 4.53. The molecule has 2 saturated heterocycles. The highest BCUT2D eigenvalue weighted by atomic mass is 16.1. The molecule has 2 aromatic rings. The lowest BCUT2D eigenvalue weighted by Crippen LogP contribution is -2.30. The standard InChI is InChI=1S/C23H29N3O/c27-23(20-10-8-9-19(17-20)18-25-13-6-7-14-25)24-21-11-2-3-12-22(21)26-15-4-1-5-16-26/h2-3,8-12,17H,1,4-7,13-16,18H2,(H,24,27). The van der Waals surface area contributed by atoms with Crippen molar-refractivity contribution in [2.24, 2.45) is 0 Å². The molecule has 4 rings (SSSR count). The number of carbonyl (C=O) groups excluding carboxylic acids is 1. The van der Waals surface area contributed by atoms with Crippen LogP contribution in [0.5, 0.6) is 0 Å². The summed E-state index contributed by atoms with van der Waals surface area (Å²) >= 11 is 0. The smallest absolute Gasteiger partial charge is 0.255 e. The molecule has 0 spiro atoms. The van der Waals surface area contributed by atoms with Crippen molar-refractivity contribution in [2.75, 3.05) is 36.4 Å². The Morgan fingerprint density at radius 1 is 0.852 bits per heavy atom. The third-order valence-electron chi connectivity index (χ3n) is 5.64. The van der Waals surface area contributed by atoms with Crippen LogP contribution in [-0.2, 0) is 6.54 Å². The summed E-state index contributed by atoms with van der Waals surface area (Å²) in [7, 11) is 0. The number of nitrogens with one attached hydrogen (secondary N) is 1. The number of carbonyl (C=O) groups is 1. The normalized spacial score (nSPS) is 17.9. The molecule has 1 amide bonds. The number of hydrogen-bond acceptors (Lipinski definition) is 3. The maximum atomic E-state index is 12.9. The van der Waals surface area contributed by atoms with Crippen molar-refractivity contribution < 1.29 is 4.79 Å². The fraction of sp³-hybridized carbons (Fsp3) is 0.435. The van der Waals surface area contributed by atoms with Crippen molar-refractivity contribution in [1.82, 2.24) is 4.90 Å². The summed E-state index contributed by atoms with van der Waals surface area (Å²) in [5.41, 5.74) is 4.00. The van der Waals surface area contributed by atoms with Crippen LogP contribution in [0.2, 0.25) is 0 Å². The van der Waals surface area contributed by atoms with Gasteiger partial charge in [0.15, 0.2) is 0 Å². The Morgan fingerprint density at radius 3 is 2.41 bits per heavy atom. The van der Waals surface area contributed by atoms with Crippen molar-refractivity contribution in [3.8, 4) is 0 Å². The van der Waals surface area contributed by atoms with Crippen LogP contribution in [0.15, 0.2) is 48.5 Å². The first-order valence-electron chi connectivity index (χ1n) is 10.3. The quantitative estimate of drug-likeness (QED) is 0.848. The lowest BCUT2D eigenvalue weighted by Gasteiger charge is -2.30. The molecular weight excluding hydrogens is 334 g/mol. The zero-order valence-electron chi connectivity index (χ0n) is 16.0. The van der Waals surface area contributed by atoms with Gasteiger partial charge in [-0.15, -0.1) is 0 Å². The van der Waals surface area contributed by atoms with E-state index in [9.17, 15) is 4.79 Å². The van der Waals surface area contributed by atoms with Crippen molar-refractivity contribution >= 4 is 17.3 Å². The van der Waals surface area contributed by atoms with E-state index in [1.54, 1.807) is 0 Å². The van der Waals surface area contributed by atoms with Gasteiger partial charge < -0.3 is 10.2 Å². The summed E-state index contributed by atoms with van der Waals surface area (Å²) in [5.74, 6) is -0.0252. The lowest BCUT2D eigenvalue weighted by molar-refractivity contribution is 0.102. The van der Waals surface area contributed by atoms with Crippen molar-refractivity contribution in [2.45, 2.75) is 38.6 Å². The van der Waals surface area contributed by atoms with E-state index in [1.165, 1.54) is 50.8 Å². The van der Waals surface area contributed by atoms with Crippen molar-refractivity contribution in [1.29, 1.82) is 0 Å². The maximum absolute atomic E-state index is 12.9. The van der Waals surface area contributed by atoms with Crippen LogP contribution in [0.25, 0.3) is 0 Å². The summed E-state index contributed by atoms with van der Waals surface area (Å²) in [6.07, 6.45) is 6.32. The number of likely N-dealkylation sites (tertiary alicyclic amines) is 1. The highest BCUT2D eigenvalue weighted by Crippen LogP contribution is 2.28. The second-order valence-electron chi connectivity index (χ2n) is 7.70. The number of piperidine rings is 1. The van der Waals surface area contributed by atoms with E-state index in [-0.39, 0.29) is 5.91 Å². The Morgan fingerprint density at radius 2 is 1.59 bits per heavy atom. The molecule has 1 N–H and O–H groups in total. The molecule has 0 saturated carbocycles. The van der Waals surface area contributed by atoms with Gasteiger partial charge >= 0.3 is 0 Å². The first-order valence-corrected chi connectivity index (χ1v) is 10.3. The number of amides is 1. The molecule has 142 valence electrons. The van der Waals surface area contributed by atoms with Crippen LogP contribution < -0.4 is 10.2 Å². The SMILES string of the molecule is O=C(Nc1ccccc1N1CCCCC1)c1cccc(CN2CCCC2)c1. The van der Waals surface area contributed by atoms with E-state index < -0.39 is 0 Å². The fourth-order valence-corrected chi connectivity index (χ4v) is 4.19. The van der Waals surface area contributed by atoms with Gasteiger partial charge in [0, 0.05) is 25.2 Å². The monoisotopic (exact) mass is 363 g/mol. The summed E-state index contributed by atoms with van der Waals surface area (Å²) in [5, 5.41) is 3.15. The van der Waals surface area contributed by atoms with Gasteiger partial charge in [-0.1, -0.05) is 24.3 Å². The van der Waals surface area contributed by atoms with Crippen LogP contribution in [-0.4, -0.2) is 37.0 Å². The van der Waals surface area contributed by atoms with Gasteiger partial charge in [0.1, 0.15) is 0 Å². The zero-order chi connectivity index (χ0) is 18.5. The van der Waals surface area contributed by atoms with Crippen LogP contribution >= 0.6 is 0 Å². The number of benzene rings is 2. The molecule has 0 aliphatic carbocycles. The molecule has 2 aromatic carbocycles. The summed E-state index contributed by atoms with van der Waals surface area (Å²) in [6, 6.07) is 16.2. The molecule has 4 heteroatoms. The first-order chi connectivity index (χ1) is 13.3. The highest BCUT2D eigenvalue weighted by Gasteiger charge is 2.17. The van der Waals surface area contributed by atoms with Gasteiger partial charge in [-0.2, -0.15) is 0 Å². The molecule has 0 bridgehead atoms. The van der Waals surface area contributed by atoms with Gasteiger partial charge in [-0.05, 0) is 75.0 Å². The van der Waals surface area contributed by atoms with E-state index >= 15 is 0 Å². The maximum Gasteiger partial charge on any atom is 0.255 e. The molecule has 2 aliphatic heterocycles. The Balaban J connectivity index is 1.47. The third kappa shape index (κ3) is 4.51. The second-order valence-corrected chi connectivity index (χ2v) is 7.70. The summed E-state index contributed by atoms with van der Waals surface area (Å²) in [4.78, 5) is 17.7. The molecule has 0 radical (unpaired) electrons. The van der Waals surface area contributed by atoms with Gasteiger partial charge in [0.2, 0.25) is 0 Å². The highest BCUT2D eigenvalue weighted by molar-refractivity contribution is 6.06. The molecule has 2 aliphatic rings. The van der Waals surface area contributed by atoms with Crippen LogP contribution in [0.4, 0.5) is 11.4 Å². The van der Waals surface area contributed by atoms with E-state index in [0.29, 0.717) is 0 Å². The second kappa shape index (κ2) is 8.57. The zero-order valence-corrected chi connectivity index (χ0v) is 16.0. The number of rotatable bonds is 5. The summed E-state index contributed by atoms with van der Waals surface area (Å²) < 4.78 is 0. The van der Waals surface area contributed by atoms with Gasteiger partial charge in [0.05, 0.1) is 11.4 Å². The minimum absolute atomic E-state index is 0.0252. The average molecular weight is 364 g/mol. The molecule has 0 unspecified atom stereocenters. The molecule has 0 aromatic heterocycles. The minimum atomic E-state index is -0.0252. The predicted molar refractivity (Wildman–Crippen MR) is 111 cm³/mol. The van der Waals surface area contributed by atoms with Crippen LogP contribution in [0.3, 0.4) is 0 Å². The van der Waals surface area contributed by atoms with E-state index in [1.807, 2.05) is 30.3 Å².